The predicted octanol–water partition coefficient (Wildman–Crippen LogP) is 2.75. The highest BCUT2D eigenvalue weighted by molar-refractivity contribution is 9.10. The summed E-state index contributed by atoms with van der Waals surface area (Å²) in [5, 5.41) is 5.57. The largest absolute Gasteiger partial charge is 0.381 e. The molecule has 3 nitrogen and oxygen atoms in total. The maximum absolute atomic E-state index is 5.42. The fraction of sp³-hybridized carbons (Fsp3) is 0. The molecule has 2 N–H and O–H groups in total. The first-order valence-electron chi connectivity index (χ1n) is 3.23. The SMILES string of the molecule is Nc1cc(-c2sccc2Br)on1. The molecule has 0 aliphatic rings. The maximum Gasteiger partial charge on any atom is 0.180 e. The van der Waals surface area contributed by atoms with Gasteiger partial charge in [0.2, 0.25) is 0 Å². The fourth-order valence-corrected chi connectivity index (χ4v) is 2.38. The summed E-state index contributed by atoms with van der Waals surface area (Å²) in [5.41, 5.74) is 5.42. The van der Waals surface area contributed by atoms with Crippen molar-refractivity contribution < 1.29 is 4.52 Å². The first kappa shape index (κ1) is 7.82. The third-order valence-corrected chi connectivity index (χ3v) is 3.22. The van der Waals surface area contributed by atoms with Gasteiger partial charge in [0, 0.05) is 10.5 Å². The van der Waals surface area contributed by atoms with Gasteiger partial charge in [-0.25, -0.2) is 0 Å². The molecule has 0 aliphatic carbocycles. The van der Waals surface area contributed by atoms with E-state index in [1.54, 1.807) is 17.4 Å². The Balaban J connectivity index is 2.50. The second kappa shape index (κ2) is 2.91. The van der Waals surface area contributed by atoms with Gasteiger partial charge in [0.05, 0.1) is 4.88 Å². The Morgan fingerprint density at radius 2 is 2.42 bits per heavy atom. The van der Waals surface area contributed by atoms with E-state index < -0.39 is 0 Å². The van der Waals surface area contributed by atoms with Crippen molar-refractivity contribution in [1.82, 2.24) is 5.16 Å². The lowest BCUT2D eigenvalue weighted by molar-refractivity contribution is 0.436. The number of rotatable bonds is 1. The number of hydrogen-bond acceptors (Lipinski definition) is 4. The molecule has 2 aromatic rings. The van der Waals surface area contributed by atoms with Crippen LogP contribution < -0.4 is 5.73 Å². The molecule has 0 amide bonds. The molecule has 2 heterocycles. The van der Waals surface area contributed by atoms with Crippen molar-refractivity contribution in [3.63, 3.8) is 0 Å². The lowest BCUT2D eigenvalue weighted by atomic mass is 10.4. The van der Waals surface area contributed by atoms with E-state index >= 15 is 0 Å². The molecule has 0 atom stereocenters. The minimum atomic E-state index is 0.408. The average molecular weight is 245 g/mol. The average Bonchev–Trinajstić information content (AvgIpc) is 2.58. The molecule has 0 saturated heterocycles. The smallest absolute Gasteiger partial charge is 0.180 e. The van der Waals surface area contributed by atoms with Crippen LogP contribution in [-0.2, 0) is 0 Å². The Kier molecular flexibility index (Phi) is 1.90. The zero-order valence-corrected chi connectivity index (χ0v) is 8.35. The summed E-state index contributed by atoms with van der Waals surface area (Å²) in [5.74, 6) is 1.11. The Hall–Kier alpha value is -0.810. The van der Waals surface area contributed by atoms with E-state index in [0.29, 0.717) is 11.6 Å². The van der Waals surface area contributed by atoms with Crippen LogP contribution in [0.5, 0.6) is 0 Å². The number of aromatic nitrogens is 1. The third kappa shape index (κ3) is 1.25. The summed E-state index contributed by atoms with van der Waals surface area (Å²) in [4.78, 5) is 1.01. The fourth-order valence-electron chi connectivity index (χ4n) is 0.865. The minimum absolute atomic E-state index is 0.408. The molecule has 0 aliphatic heterocycles. The number of halogens is 1. The molecule has 62 valence electrons. The van der Waals surface area contributed by atoms with Crippen molar-refractivity contribution in [1.29, 1.82) is 0 Å². The molecule has 0 bridgehead atoms. The summed E-state index contributed by atoms with van der Waals surface area (Å²) in [6.07, 6.45) is 0. The molecule has 0 spiro atoms. The van der Waals surface area contributed by atoms with Crippen molar-refractivity contribution in [3.05, 3.63) is 22.0 Å². The van der Waals surface area contributed by atoms with Crippen LogP contribution in [0.3, 0.4) is 0 Å². The number of nitrogens with zero attached hydrogens (tertiary/aromatic N) is 1. The third-order valence-electron chi connectivity index (χ3n) is 1.37. The number of thiophene rings is 1. The van der Waals surface area contributed by atoms with E-state index in [9.17, 15) is 0 Å². The summed E-state index contributed by atoms with van der Waals surface area (Å²) in [7, 11) is 0. The molecule has 0 radical (unpaired) electrons. The van der Waals surface area contributed by atoms with Gasteiger partial charge in [0.1, 0.15) is 0 Å². The zero-order chi connectivity index (χ0) is 8.55. The van der Waals surface area contributed by atoms with Gasteiger partial charge >= 0.3 is 0 Å². The second-order valence-corrected chi connectivity index (χ2v) is 3.98. The monoisotopic (exact) mass is 244 g/mol. The first-order chi connectivity index (χ1) is 5.77. The predicted molar refractivity (Wildman–Crippen MR) is 51.9 cm³/mol. The van der Waals surface area contributed by atoms with Crippen LogP contribution in [-0.4, -0.2) is 5.16 Å². The first-order valence-corrected chi connectivity index (χ1v) is 4.90. The Morgan fingerprint density at radius 3 is 2.92 bits per heavy atom. The molecule has 0 unspecified atom stereocenters. The van der Waals surface area contributed by atoms with E-state index in [-0.39, 0.29) is 0 Å². The van der Waals surface area contributed by atoms with E-state index in [0.717, 1.165) is 9.35 Å². The standard InChI is InChI=1S/C7H5BrN2OS/c8-4-1-2-12-7(4)5-3-6(9)10-11-5/h1-3H,(H2,9,10). The van der Waals surface area contributed by atoms with Crippen molar-refractivity contribution >= 4 is 33.1 Å². The second-order valence-electron chi connectivity index (χ2n) is 2.21. The van der Waals surface area contributed by atoms with Crippen LogP contribution in [0.25, 0.3) is 10.6 Å². The number of nitrogen functional groups attached to an aromatic ring is 1. The molecule has 12 heavy (non-hydrogen) atoms. The molecule has 0 aromatic carbocycles. The van der Waals surface area contributed by atoms with Gasteiger partial charge in [0.25, 0.3) is 0 Å². The quantitative estimate of drug-likeness (QED) is 0.840. The van der Waals surface area contributed by atoms with Gasteiger partial charge in [-0.05, 0) is 27.4 Å². The van der Waals surface area contributed by atoms with Crippen molar-refractivity contribution in [2.45, 2.75) is 0 Å². The van der Waals surface area contributed by atoms with Gasteiger partial charge in [0.15, 0.2) is 11.6 Å². The van der Waals surface area contributed by atoms with Crippen LogP contribution in [0.2, 0.25) is 0 Å². The highest BCUT2D eigenvalue weighted by atomic mass is 79.9. The van der Waals surface area contributed by atoms with Gasteiger partial charge in [-0.1, -0.05) is 5.16 Å². The van der Waals surface area contributed by atoms with Crippen LogP contribution in [0, 0.1) is 0 Å². The van der Waals surface area contributed by atoms with E-state index in [4.69, 9.17) is 10.3 Å². The zero-order valence-electron chi connectivity index (χ0n) is 5.95. The van der Waals surface area contributed by atoms with Gasteiger partial charge in [-0.15, -0.1) is 11.3 Å². The number of anilines is 1. The molecule has 0 saturated carbocycles. The van der Waals surface area contributed by atoms with Crippen molar-refractivity contribution in [2.24, 2.45) is 0 Å². The summed E-state index contributed by atoms with van der Waals surface area (Å²) in [6.45, 7) is 0. The highest BCUT2D eigenvalue weighted by Gasteiger charge is 2.09. The van der Waals surface area contributed by atoms with Gasteiger partial charge in [-0.3, -0.25) is 0 Å². The minimum Gasteiger partial charge on any atom is -0.381 e. The van der Waals surface area contributed by atoms with E-state index in [1.807, 2.05) is 11.4 Å². The van der Waals surface area contributed by atoms with E-state index in [1.165, 1.54) is 0 Å². The molecule has 0 fully saturated rings. The molecule has 2 aromatic heterocycles. The molecular weight excluding hydrogens is 240 g/mol. The summed E-state index contributed by atoms with van der Waals surface area (Å²) < 4.78 is 6.00. The molecular formula is C7H5BrN2OS. The van der Waals surface area contributed by atoms with Crippen LogP contribution in [0.15, 0.2) is 26.5 Å². The van der Waals surface area contributed by atoms with Gasteiger partial charge in [-0.2, -0.15) is 0 Å². The summed E-state index contributed by atoms with van der Waals surface area (Å²) >= 11 is 4.97. The van der Waals surface area contributed by atoms with E-state index in [2.05, 4.69) is 21.1 Å². The highest BCUT2D eigenvalue weighted by Crippen LogP contribution is 2.33. The Morgan fingerprint density at radius 1 is 1.58 bits per heavy atom. The Labute approximate surface area is 81.3 Å². The number of nitrogens with two attached hydrogens (primary N) is 1. The van der Waals surface area contributed by atoms with Gasteiger partial charge < -0.3 is 10.3 Å². The van der Waals surface area contributed by atoms with Crippen LogP contribution in [0.4, 0.5) is 5.82 Å². The van der Waals surface area contributed by atoms with Crippen molar-refractivity contribution in [3.8, 4) is 10.6 Å². The van der Waals surface area contributed by atoms with Crippen LogP contribution >= 0.6 is 27.3 Å². The lowest BCUT2D eigenvalue weighted by Crippen LogP contribution is -1.79. The van der Waals surface area contributed by atoms with Crippen LogP contribution in [0.1, 0.15) is 0 Å². The maximum atomic E-state index is 5.42. The topological polar surface area (TPSA) is 52.0 Å². The normalized spacial score (nSPS) is 10.4. The Bertz CT molecular complexity index is 396. The molecule has 2 rings (SSSR count). The van der Waals surface area contributed by atoms with Crippen molar-refractivity contribution in [2.75, 3.05) is 5.73 Å². The molecule has 5 heteroatoms. The number of hydrogen-bond donors (Lipinski definition) is 1. The summed E-state index contributed by atoms with van der Waals surface area (Å²) in [6, 6.07) is 3.66. The lowest BCUT2D eigenvalue weighted by Gasteiger charge is -1.87.